The van der Waals surface area contributed by atoms with Crippen molar-refractivity contribution in [3.05, 3.63) is 54.3 Å². The highest BCUT2D eigenvalue weighted by atomic mass is 16.4. The first-order chi connectivity index (χ1) is 7.77. The van der Waals surface area contributed by atoms with Gasteiger partial charge in [-0.1, -0.05) is 6.07 Å². The Labute approximate surface area is 91.9 Å². The summed E-state index contributed by atoms with van der Waals surface area (Å²) in [6, 6.07) is 6.70. The highest BCUT2D eigenvalue weighted by Crippen LogP contribution is 2.18. The second kappa shape index (κ2) is 4.44. The molecule has 0 spiro atoms. The van der Waals surface area contributed by atoms with Gasteiger partial charge in [0.15, 0.2) is 5.75 Å². The third-order valence-corrected chi connectivity index (χ3v) is 1.96. The normalized spacial score (nSPS) is 10.8. The van der Waals surface area contributed by atoms with E-state index in [0.29, 0.717) is 5.69 Å². The van der Waals surface area contributed by atoms with E-state index in [4.69, 9.17) is 4.42 Å². The van der Waals surface area contributed by atoms with Gasteiger partial charge in [0.05, 0.1) is 12.0 Å². The lowest BCUT2D eigenvalue weighted by molar-refractivity contribution is 0.101. The van der Waals surface area contributed by atoms with Crippen LogP contribution in [-0.4, -0.2) is 15.9 Å². The van der Waals surface area contributed by atoms with Crippen molar-refractivity contribution in [3.63, 3.8) is 0 Å². The first-order valence-electron chi connectivity index (χ1n) is 4.67. The van der Waals surface area contributed by atoms with E-state index < -0.39 is 5.78 Å². The summed E-state index contributed by atoms with van der Waals surface area (Å²) in [6.45, 7) is 0. The molecule has 0 fully saturated rings. The summed E-state index contributed by atoms with van der Waals surface area (Å²) in [6.07, 6.45) is 5.76. The fraction of sp³-hybridized carbons (Fsp3) is 0. The molecule has 2 rings (SSSR count). The number of allylic oxidation sites excluding steroid dienone is 1. The second-order valence-electron chi connectivity index (χ2n) is 3.09. The Morgan fingerprint density at radius 3 is 2.88 bits per heavy atom. The number of pyridine rings is 1. The fourth-order valence-corrected chi connectivity index (χ4v) is 1.20. The number of nitrogens with zero attached hydrogens (tertiary/aromatic N) is 1. The monoisotopic (exact) mass is 215 g/mol. The Morgan fingerprint density at radius 1 is 1.38 bits per heavy atom. The summed E-state index contributed by atoms with van der Waals surface area (Å²) in [5.41, 5.74) is 0.668. The summed E-state index contributed by atoms with van der Waals surface area (Å²) < 4.78 is 4.84. The van der Waals surface area contributed by atoms with Crippen LogP contribution in [0.15, 0.2) is 47.2 Å². The summed E-state index contributed by atoms with van der Waals surface area (Å²) in [4.78, 5) is 15.6. The molecule has 0 aliphatic heterocycles. The predicted molar refractivity (Wildman–Crippen MR) is 58.0 cm³/mol. The minimum atomic E-state index is -0.395. The molecule has 0 unspecified atom stereocenters. The van der Waals surface area contributed by atoms with E-state index in [2.05, 4.69) is 4.98 Å². The van der Waals surface area contributed by atoms with Gasteiger partial charge >= 0.3 is 0 Å². The molecular formula is C12H9NO3. The summed E-state index contributed by atoms with van der Waals surface area (Å²) >= 11 is 0. The Kier molecular flexibility index (Phi) is 2.82. The van der Waals surface area contributed by atoms with Crippen molar-refractivity contribution in [3.8, 4) is 5.75 Å². The Balaban J connectivity index is 2.15. The zero-order valence-corrected chi connectivity index (χ0v) is 8.33. The Bertz CT molecular complexity index is 514. The third-order valence-electron chi connectivity index (χ3n) is 1.96. The van der Waals surface area contributed by atoms with Gasteiger partial charge in [-0.05, 0) is 24.3 Å². The van der Waals surface area contributed by atoms with Gasteiger partial charge in [-0.3, -0.25) is 9.78 Å². The minimum absolute atomic E-state index is 0.0628. The van der Waals surface area contributed by atoms with E-state index in [1.807, 2.05) is 6.07 Å². The van der Waals surface area contributed by atoms with Gasteiger partial charge in [-0.15, -0.1) is 0 Å². The standard InChI is InChI=1S/C12H9NO3/c14-10(12-11(15)6-8-16-12)5-4-9-3-1-2-7-13-9/h1-8,15H/b5-4-. The van der Waals surface area contributed by atoms with Crippen LogP contribution in [0.4, 0.5) is 0 Å². The van der Waals surface area contributed by atoms with Crippen molar-refractivity contribution in [2.45, 2.75) is 0 Å². The molecule has 2 aromatic heterocycles. The van der Waals surface area contributed by atoms with Gasteiger partial charge < -0.3 is 9.52 Å². The van der Waals surface area contributed by atoms with Crippen molar-refractivity contribution in [2.75, 3.05) is 0 Å². The first-order valence-corrected chi connectivity index (χ1v) is 4.67. The van der Waals surface area contributed by atoms with Crippen LogP contribution >= 0.6 is 0 Å². The SMILES string of the molecule is O=C(/C=C\c1ccccn1)c1occc1O. The van der Waals surface area contributed by atoms with E-state index in [1.54, 1.807) is 24.4 Å². The number of carbonyl (C=O) groups excluding carboxylic acids is 1. The van der Waals surface area contributed by atoms with Crippen LogP contribution in [0.1, 0.15) is 16.2 Å². The van der Waals surface area contributed by atoms with Crippen molar-refractivity contribution in [1.82, 2.24) is 4.98 Å². The average molecular weight is 215 g/mol. The van der Waals surface area contributed by atoms with Gasteiger partial charge in [0.2, 0.25) is 11.5 Å². The number of ketones is 1. The van der Waals surface area contributed by atoms with Crippen LogP contribution in [0.3, 0.4) is 0 Å². The van der Waals surface area contributed by atoms with E-state index in [1.165, 1.54) is 18.4 Å². The van der Waals surface area contributed by atoms with Gasteiger partial charge in [0, 0.05) is 12.3 Å². The second-order valence-corrected chi connectivity index (χ2v) is 3.09. The molecule has 0 amide bonds. The molecule has 2 heterocycles. The topological polar surface area (TPSA) is 63.3 Å². The number of aromatic nitrogens is 1. The van der Waals surface area contributed by atoms with Crippen LogP contribution in [0.2, 0.25) is 0 Å². The molecule has 0 aliphatic carbocycles. The molecule has 0 atom stereocenters. The van der Waals surface area contributed by atoms with Crippen LogP contribution in [-0.2, 0) is 0 Å². The average Bonchev–Trinajstić information content (AvgIpc) is 2.74. The largest absolute Gasteiger partial charge is 0.504 e. The number of carbonyl (C=O) groups is 1. The summed E-state index contributed by atoms with van der Waals surface area (Å²) in [7, 11) is 0. The van der Waals surface area contributed by atoms with Crippen molar-refractivity contribution in [1.29, 1.82) is 0 Å². The number of aromatic hydroxyl groups is 1. The van der Waals surface area contributed by atoms with Crippen LogP contribution in [0.5, 0.6) is 5.75 Å². The zero-order valence-electron chi connectivity index (χ0n) is 8.33. The minimum Gasteiger partial charge on any atom is -0.504 e. The van der Waals surface area contributed by atoms with E-state index in [9.17, 15) is 9.90 Å². The molecule has 4 heteroatoms. The van der Waals surface area contributed by atoms with Gasteiger partial charge in [-0.25, -0.2) is 0 Å². The highest BCUT2D eigenvalue weighted by Gasteiger charge is 2.11. The molecule has 0 saturated heterocycles. The molecule has 80 valence electrons. The van der Waals surface area contributed by atoms with E-state index in [-0.39, 0.29) is 11.5 Å². The van der Waals surface area contributed by atoms with Gasteiger partial charge in [0.1, 0.15) is 0 Å². The Morgan fingerprint density at radius 2 is 2.25 bits per heavy atom. The van der Waals surface area contributed by atoms with E-state index in [0.717, 1.165) is 0 Å². The van der Waals surface area contributed by atoms with Crippen molar-refractivity contribution < 1.29 is 14.3 Å². The number of rotatable bonds is 3. The molecule has 0 aromatic carbocycles. The van der Waals surface area contributed by atoms with Gasteiger partial charge in [0.25, 0.3) is 0 Å². The molecule has 1 N–H and O–H groups in total. The predicted octanol–water partition coefficient (Wildman–Crippen LogP) is 2.28. The summed E-state index contributed by atoms with van der Waals surface area (Å²) in [5, 5.41) is 9.25. The lowest BCUT2D eigenvalue weighted by Gasteiger charge is -1.91. The molecule has 0 saturated carbocycles. The van der Waals surface area contributed by atoms with E-state index >= 15 is 0 Å². The molecule has 0 bridgehead atoms. The molecule has 0 aliphatic rings. The maximum Gasteiger partial charge on any atom is 0.224 e. The zero-order chi connectivity index (χ0) is 11.4. The molecule has 16 heavy (non-hydrogen) atoms. The molecule has 4 nitrogen and oxygen atoms in total. The molecule has 0 radical (unpaired) electrons. The highest BCUT2D eigenvalue weighted by molar-refractivity contribution is 6.06. The van der Waals surface area contributed by atoms with Gasteiger partial charge in [-0.2, -0.15) is 0 Å². The lowest BCUT2D eigenvalue weighted by Crippen LogP contribution is -1.91. The van der Waals surface area contributed by atoms with Crippen LogP contribution in [0, 0.1) is 0 Å². The molecular weight excluding hydrogens is 206 g/mol. The van der Waals surface area contributed by atoms with Crippen molar-refractivity contribution in [2.24, 2.45) is 0 Å². The summed E-state index contributed by atoms with van der Waals surface area (Å²) in [5.74, 6) is -0.615. The lowest BCUT2D eigenvalue weighted by atomic mass is 10.2. The number of hydrogen-bond donors (Lipinski definition) is 1. The first kappa shape index (κ1) is 10.2. The smallest absolute Gasteiger partial charge is 0.224 e. The quantitative estimate of drug-likeness (QED) is 0.630. The number of furan rings is 1. The maximum absolute atomic E-state index is 11.5. The maximum atomic E-state index is 11.5. The number of hydrogen-bond acceptors (Lipinski definition) is 4. The van der Waals surface area contributed by atoms with Crippen molar-refractivity contribution >= 4 is 11.9 Å². The van der Waals surface area contributed by atoms with Crippen LogP contribution in [0.25, 0.3) is 6.08 Å². The fourth-order valence-electron chi connectivity index (χ4n) is 1.20. The Hall–Kier alpha value is -2.36. The third kappa shape index (κ3) is 2.17. The molecule has 2 aromatic rings. The van der Waals surface area contributed by atoms with Crippen LogP contribution < -0.4 is 0 Å².